The second-order valence-electron chi connectivity index (χ2n) is 6.02. The van der Waals surface area contributed by atoms with E-state index in [1.165, 1.54) is 0 Å². The predicted molar refractivity (Wildman–Crippen MR) is 99.8 cm³/mol. The number of nitrogens with zero attached hydrogens (tertiary/aromatic N) is 1. The lowest BCUT2D eigenvalue weighted by atomic mass is 10.1. The molecular weight excluding hydrogens is 330 g/mol. The van der Waals surface area contributed by atoms with Crippen LogP contribution in [-0.4, -0.2) is 29.9 Å². The highest BCUT2D eigenvalue weighted by atomic mass is 16.3. The number of carbonyl (C=O) groups is 2. The molecule has 3 aromatic rings. The van der Waals surface area contributed by atoms with Gasteiger partial charge in [0.25, 0.3) is 5.91 Å². The summed E-state index contributed by atoms with van der Waals surface area (Å²) in [7, 11) is 0. The topological polar surface area (TPSA) is 84.2 Å². The molecule has 2 N–H and O–H groups in total. The molecule has 1 aromatic carbocycles. The Morgan fingerprint density at radius 1 is 1.12 bits per heavy atom. The number of rotatable bonds is 6. The summed E-state index contributed by atoms with van der Waals surface area (Å²) in [6, 6.07) is 12.8. The molecule has 0 saturated heterocycles. The maximum absolute atomic E-state index is 12.7. The molecule has 0 atom stereocenters. The summed E-state index contributed by atoms with van der Waals surface area (Å²) in [4.78, 5) is 29.0. The van der Waals surface area contributed by atoms with Gasteiger partial charge in [-0.25, -0.2) is 4.98 Å². The number of fused-ring (bicyclic) bond motifs is 1. The van der Waals surface area contributed by atoms with Crippen LogP contribution >= 0.6 is 0 Å². The molecule has 0 aliphatic rings. The number of nitrogens with one attached hydrogen (secondary N) is 2. The maximum atomic E-state index is 12.7. The number of carbonyl (C=O) groups excluding carboxylic acids is 2. The first-order valence-corrected chi connectivity index (χ1v) is 8.60. The fourth-order valence-electron chi connectivity index (χ4n) is 2.64. The van der Waals surface area contributed by atoms with E-state index in [0.29, 0.717) is 29.1 Å². The molecule has 2 aromatic heterocycles. The fourth-order valence-corrected chi connectivity index (χ4v) is 2.64. The van der Waals surface area contributed by atoms with E-state index < -0.39 is 0 Å². The zero-order valence-corrected chi connectivity index (χ0v) is 14.8. The van der Waals surface area contributed by atoms with Crippen molar-refractivity contribution in [2.75, 3.05) is 13.1 Å². The summed E-state index contributed by atoms with van der Waals surface area (Å²) >= 11 is 0. The number of hydrogen-bond donors (Lipinski definition) is 2. The third-order valence-electron chi connectivity index (χ3n) is 3.94. The molecule has 6 heteroatoms. The number of aryl methyl sites for hydroxylation is 1. The standard InChI is InChI=1S/C20H21N3O3/c1-3-10-21-19(24)12-22-20(25)15-11-17(18-9-8-13(2)26-18)23-16-7-5-4-6-14(15)16/h4-9,11H,3,10,12H2,1-2H3,(H,21,24)(H,22,25). The minimum absolute atomic E-state index is 0.0648. The van der Waals surface area contributed by atoms with Crippen molar-refractivity contribution < 1.29 is 14.0 Å². The Labute approximate surface area is 151 Å². The van der Waals surface area contributed by atoms with Gasteiger partial charge in [0, 0.05) is 11.9 Å². The number of pyridine rings is 1. The lowest BCUT2D eigenvalue weighted by Gasteiger charge is -2.10. The summed E-state index contributed by atoms with van der Waals surface area (Å²) in [5.41, 5.74) is 1.74. The zero-order chi connectivity index (χ0) is 18.5. The van der Waals surface area contributed by atoms with Crippen LogP contribution in [0, 0.1) is 6.92 Å². The van der Waals surface area contributed by atoms with Gasteiger partial charge in [-0.3, -0.25) is 9.59 Å². The summed E-state index contributed by atoms with van der Waals surface area (Å²) in [5.74, 6) is 0.844. The van der Waals surface area contributed by atoms with Crippen LogP contribution in [0.1, 0.15) is 29.5 Å². The van der Waals surface area contributed by atoms with E-state index in [-0.39, 0.29) is 18.4 Å². The second kappa shape index (κ2) is 7.82. The van der Waals surface area contributed by atoms with Crippen molar-refractivity contribution in [1.82, 2.24) is 15.6 Å². The van der Waals surface area contributed by atoms with E-state index in [1.54, 1.807) is 6.07 Å². The molecule has 0 unspecified atom stereocenters. The third-order valence-corrected chi connectivity index (χ3v) is 3.94. The molecule has 6 nitrogen and oxygen atoms in total. The van der Waals surface area contributed by atoms with Crippen LogP contribution < -0.4 is 10.6 Å². The van der Waals surface area contributed by atoms with Crippen molar-refractivity contribution in [2.24, 2.45) is 0 Å². The first-order chi connectivity index (χ1) is 12.6. The van der Waals surface area contributed by atoms with E-state index in [9.17, 15) is 9.59 Å². The molecule has 0 aliphatic carbocycles. The quantitative estimate of drug-likeness (QED) is 0.715. The highest BCUT2D eigenvalue weighted by Crippen LogP contribution is 2.26. The number of para-hydroxylation sites is 1. The molecule has 26 heavy (non-hydrogen) atoms. The Morgan fingerprint density at radius 3 is 2.65 bits per heavy atom. The van der Waals surface area contributed by atoms with Gasteiger partial charge < -0.3 is 15.1 Å². The molecule has 0 radical (unpaired) electrons. The largest absolute Gasteiger partial charge is 0.460 e. The van der Waals surface area contributed by atoms with Gasteiger partial charge in [-0.05, 0) is 37.6 Å². The molecule has 134 valence electrons. The summed E-state index contributed by atoms with van der Waals surface area (Å²) in [6.45, 7) is 4.35. The average molecular weight is 351 g/mol. The Balaban J connectivity index is 1.91. The van der Waals surface area contributed by atoms with E-state index in [0.717, 1.165) is 17.6 Å². The van der Waals surface area contributed by atoms with Crippen molar-refractivity contribution in [3.05, 3.63) is 53.8 Å². The predicted octanol–water partition coefficient (Wildman–Crippen LogP) is 3.06. The molecule has 0 saturated carbocycles. The number of benzene rings is 1. The van der Waals surface area contributed by atoms with Crippen molar-refractivity contribution in [2.45, 2.75) is 20.3 Å². The zero-order valence-electron chi connectivity index (χ0n) is 14.8. The average Bonchev–Trinajstić information content (AvgIpc) is 3.09. The molecule has 2 amide bonds. The Morgan fingerprint density at radius 2 is 1.92 bits per heavy atom. The van der Waals surface area contributed by atoms with Crippen LogP contribution in [0.25, 0.3) is 22.4 Å². The van der Waals surface area contributed by atoms with Crippen LogP contribution in [0.2, 0.25) is 0 Å². The van der Waals surface area contributed by atoms with Crippen molar-refractivity contribution in [1.29, 1.82) is 0 Å². The van der Waals surface area contributed by atoms with E-state index in [4.69, 9.17) is 4.42 Å². The monoisotopic (exact) mass is 351 g/mol. The Kier molecular flexibility index (Phi) is 5.31. The summed E-state index contributed by atoms with van der Waals surface area (Å²) in [5, 5.41) is 6.14. The van der Waals surface area contributed by atoms with Gasteiger partial charge >= 0.3 is 0 Å². The number of hydrogen-bond acceptors (Lipinski definition) is 4. The molecule has 0 fully saturated rings. The van der Waals surface area contributed by atoms with Crippen LogP contribution in [0.15, 0.2) is 46.9 Å². The summed E-state index contributed by atoms with van der Waals surface area (Å²) < 4.78 is 5.64. The van der Waals surface area contributed by atoms with Gasteiger partial charge in [-0.15, -0.1) is 0 Å². The highest BCUT2D eigenvalue weighted by Gasteiger charge is 2.16. The normalized spacial score (nSPS) is 10.7. The molecule has 3 rings (SSSR count). The Hall–Kier alpha value is -3.15. The first-order valence-electron chi connectivity index (χ1n) is 8.60. The lowest BCUT2D eigenvalue weighted by molar-refractivity contribution is -0.120. The van der Waals surface area contributed by atoms with Gasteiger partial charge in [0.2, 0.25) is 5.91 Å². The van der Waals surface area contributed by atoms with Gasteiger partial charge in [-0.2, -0.15) is 0 Å². The second-order valence-corrected chi connectivity index (χ2v) is 6.02. The van der Waals surface area contributed by atoms with Crippen molar-refractivity contribution in [3.63, 3.8) is 0 Å². The van der Waals surface area contributed by atoms with Gasteiger partial charge in [-0.1, -0.05) is 25.1 Å². The van der Waals surface area contributed by atoms with Crippen LogP contribution in [0.5, 0.6) is 0 Å². The molecule has 2 heterocycles. The Bertz CT molecular complexity index is 946. The van der Waals surface area contributed by atoms with Crippen molar-refractivity contribution in [3.8, 4) is 11.5 Å². The van der Waals surface area contributed by atoms with E-state index in [1.807, 2.05) is 50.2 Å². The minimum Gasteiger partial charge on any atom is -0.460 e. The van der Waals surface area contributed by atoms with Crippen molar-refractivity contribution >= 4 is 22.7 Å². The van der Waals surface area contributed by atoms with Gasteiger partial charge in [0.15, 0.2) is 5.76 Å². The van der Waals surface area contributed by atoms with Crippen LogP contribution in [0.3, 0.4) is 0 Å². The molecular formula is C20H21N3O3. The molecule has 0 spiro atoms. The number of furan rings is 1. The fraction of sp³-hybridized carbons (Fsp3) is 0.250. The number of aromatic nitrogens is 1. The van der Waals surface area contributed by atoms with E-state index in [2.05, 4.69) is 15.6 Å². The van der Waals surface area contributed by atoms with E-state index >= 15 is 0 Å². The maximum Gasteiger partial charge on any atom is 0.252 e. The highest BCUT2D eigenvalue weighted by molar-refractivity contribution is 6.07. The summed E-state index contributed by atoms with van der Waals surface area (Å²) in [6.07, 6.45) is 0.848. The number of amides is 2. The minimum atomic E-state index is -0.320. The smallest absolute Gasteiger partial charge is 0.252 e. The van der Waals surface area contributed by atoms with Gasteiger partial charge in [0.05, 0.1) is 17.6 Å². The SMILES string of the molecule is CCCNC(=O)CNC(=O)c1cc(-c2ccc(C)o2)nc2ccccc12. The molecule has 0 bridgehead atoms. The van der Waals surface area contributed by atoms with Gasteiger partial charge in [0.1, 0.15) is 11.5 Å². The third kappa shape index (κ3) is 3.91. The lowest BCUT2D eigenvalue weighted by Crippen LogP contribution is -2.37. The molecule has 0 aliphatic heterocycles. The van der Waals surface area contributed by atoms with Crippen LogP contribution in [0.4, 0.5) is 0 Å². The first kappa shape index (κ1) is 17.7. The van der Waals surface area contributed by atoms with Crippen LogP contribution in [-0.2, 0) is 4.79 Å².